The summed E-state index contributed by atoms with van der Waals surface area (Å²) < 4.78 is 5.66. The molecular formula is C27H33N3O5. The standard InChI is InChI=1S/C27H33N3O5/c31-16-12-22-10-4-5-14-29(22)24(32)18-27(21-8-2-1-3-9-21)19-25(33)30(26(27)34)15-7-17-35-23-11-6-13-28-20-23/h1-3,6,8-9,11,13,20,22,31H,4-5,7,10,12,14-19H2/t22-,27-/m1/s1. The van der Waals surface area contributed by atoms with Crippen molar-refractivity contribution in [1.29, 1.82) is 0 Å². The Balaban J connectivity index is 1.49. The van der Waals surface area contributed by atoms with Gasteiger partial charge < -0.3 is 14.7 Å². The summed E-state index contributed by atoms with van der Waals surface area (Å²) in [5.74, 6) is -0.0811. The van der Waals surface area contributed by atoms with Crippen LogP contribution in [0, 0.1) is 0 Å². The lowest BCUT2D eigenvalue weighted by Crippen LogP contribution is -2.48. The molecule has 186 valence electrons. The molecule has 0 unspecified atom stereocenters. The van der Waals surface area contributed by atoms with Crippen LogP contribution in [-0.4, -0.2) is 70.0 Å². The van der Waals surface area contributed by atoms with Crippen LogP contribution in [0.15, 0.2) is 54.9 Å². The molecule has 1 aromatic heterocycles. The molecule has 2 aromatic rings. The molecule has 35 heavy (non-hydrogen) atoms. The van der Waals surface area contributed by atoms with Crippen LogP contribution in [0.25, 0.3) is 0 Å². The first-order valence-corrected chi connectivity index (χ1v) is 12.4. The van der Waals surface area contributed by atoms with Crippen LogP contribution in [0.1, 0.15) is 50.5 Å². The Kier molecular flexibility index (Phi) is 8.13. The number of carbonyl (C=O) groups excluding carboxylic acids is 3. The third-order valence-electron chi connectivity index (χ3n) is 7.03. The summed E-state index contributed by atoms with van der Waals surface area (Å²) in [6, 6.07) is 12.7. The number of rotatable bonds is 10. The van der Waals surface area contributed by atoms with E-state index in [-0.39, 0.29) is 49.8 Å². The van der Waals surface area contributed by atoms with Crippen LogP contribution in [0.2, 0.25) is 0 Å². The lowest BCUT2D eigenvalue weighted by molar-refractivity contribution is -0.144. The molecule has 2 aliphatic heterocycles. The number of benzene rings is 1. The Morgan fingerprint density at radius 2 is 1.97 bits per heavy atom. The SMILES string of the molecule is O=C1C[C@](CC(=O)N2CCCC[C@@H]2CCO)(c2ccccc2)C(=O)N1CCCOc1cccnc1. The van der Waals surface area contributed by atoms with E-state index in [0.717, 1.165) is 19.3 Å². The first kappa shape index (κ1) is 24.9. The first-order chi connectivity index (χ1) is 17.0. The molecule has 2 aliphatic rings. The molecule has 3 amide bonds. The lowest BCUT2D eigenvalue weighted by atomic mass is 9.75. The van der Waals surface area contributed by atoms with Crippen molar-refractivity contribution < 1.29 is 24.2 Å². The molecule has 8 nitrogen and oxygen atoms in total. The van der Waals surface area contributed by atoms with E-state index in [2.05, 4.69) is 4.98 Å². The van der Waals surface area contributed by atoms with E-state index in [1.54, 1.807) is 24.5 Å². The number of likely N-dealkylation sites (tertiary alicyclic amines) is 2. The number of ether oxygens (including phenoxy) is 1. The molecule has 2 saturated heterocycles. The van der Waals surface area contributed by atoms with Gasteiger partial charge in [0.25, 0.3) is 0 Å². The number of hydrogen-bond acceptors (Lipinski definition) is 6. The number of aromatic nitrogens is 1. The van der Waals surface area contributed by atoms with Crippen molar-refractivity contribution in [3.63, 3.8) is 0 Å². The molecule has 1 aromatic carbocycles. The number of nitrogens with zero attached hydrogens (tertiary/aromatic N) is 3. The first-order valence-electron chi connectivity index (χ1n) is 12.4. The molecule has 1 N–H and O–H groups in total. The number of aliphatic hydroxyl groups excluding tert-OH is 1. The van der Waals surface area contributed by atoms with Gasteiger partial charge in [0.1, 0.15) is 5.75 Å². The maximum Gasteiger partial charge on any atom is 0.240 e. The molecule has 0 saturated carbocycles. The second kappa shape index (κ2) is 11.4. The summed E-state index contributed by atoms with van der Waals surface area (Å²) in [6.07, 6.45) is 6.98. The third kappa shape index (κ3) is 5.53. The van der Waals surface area contributed by atoms with Crippen molar-refractivity contribution in [3.8, 4) is 5.75 Å². The Morgan fingerprint density at radius 3 is 2.71 bits per heavy atom. The number of pyridine rings is 1. The molecule has 4 rings (SSSR count). The van der Waals surface area contributed by atoms with E-state index in [9.17, 15) is 19.5 Å². The van der Waals surface area contributed by atoms with Gasteiger partial charge in [0.2, 0.25) is 17.7 Å². The van der Waals surface area contributed by atoms with Crippen molar-refractivity contribution in [2.45, 2.75) is 56.4 Å². The molecule has 0 radical (unpaired) electrons. The van der Waals surface area contributed by atoms with Gasteiger partial charge in [0.05, 0.1) is 18.2 Å². The van der Waals surface area contributed by atoms with Gasteiger partial charge in [-0.25, -0.2) is 0 Å². The number of piperidine rings is 1. The Morgan fingerprint density at radius 1 is 1.14 bits per heavy atom. The molecule has 8 heteroatoms. The van der Waals surface area contributed by atoms with Crippen LogP contribution in [0.3, 0.4) is 0 Å². The predicted molar refractivity (Wildman–Crippen MR) is 129 cm³/mol. The maximum absolute atomic E-state index is 13.8. The third-order valence-corrected chi connectivity index (χ3v) is 7.03. The van der Waals surface area contributed by atoms with E-state index in [1.807, 2.05) is 35.2 Å². The van der Waals surface area contributed by atoms with Crippen molar-refractivity contribution in [2.24, 2.45) is 0 Å². The summed E-state index contributed by atoms with van der Waals surface area (Å²) in [7, 11) is 0. The summed E-state index contributed by atoms with van der Waals surface area (Å²) in [5, 5.41) is 9.46. The minimum Gasteiger partial charge on any atom is -0.492 e. The van der Waals surface area contributed by atoms with E-state index in [0.29, 0.717) is 37.3 Å². The fraction of sp³-hybridized carbons (Fsp3) is 0.481. The normalized spacial score (nSPS) is 22.5. The van der Waals surface area contributed by atoms with Crippen LogP contribution in [0.5, 0.6) is 5.75 Å². The van der Waals surface area contributed by atoms with Gasteiger partial charge in [0, 0.05) is 44.8 Å². The Labute approximate surface area is 205 Å². The molecule has 3 heterocycles. The van der Waals surface area contributed by atoms with Gasteiger partial charge in [-0.1, -0.05) is 30.3 Å². The molecule has 0 spiro atoms. The number of carbonyl (C=O) groups is 3. The van der Waals surface area contributed by atoms with Gasteiger partial charge in [0.15, 0.2) is 0 Å². The fourth-order valence-electron chi connectivity index (χ4n) is 5.23. The lowest BCUT2D eigenvalue weighted by Gasteiger charge is -2.38. The summed E-state index contributed by atoms with van der Waals surface area (Å²) in [4.78, 5) is 47.5. The highest BCUT2D eigenvalue weighted by molar-refractivity contribution is 6.10. The number of hydrogen-bond donors (Lipinski definition) is 1. The molecular weight excluding hydrogens is 446 g/mol. The molecule has 2 fully saturated rings. The van der Waals surface area contributed by atoms with Gasteiger partial charge in [-0.3, -0.25) is 24.3 Å². The maximum atomic E-state index is 13.8. The quantitative estimate of drug-likeness (QED) is 0.416. The van der Waals surface area contributed by atoms with Gasteiger partial charge in [-0.05, 0) is 49.8 Å². The van der Waals surface area contributed by atoms with Gasteiger partial charge in [-0.15, -0.1) is 0 Å². The van der Waals surface area contributed by atoms with Crippen LogP contribution in [0.4, 0.5) is 0 Å². The van der Waals surface area contributed by atoms with Gasteiger partial charge >= 0.3 is 0 Å². The second-order valence-corrected chi connectivity index (χ2v) is 9.29. The van der Waals surface area contributed by atoms with Crippen LogP contribution < -0.4 is 4.74 Å². The minimum absolute atomic E-state index is 0.0184. The van der Waals surface area contributed by atoms with Gasteiger partial charge in [-0.2, -0.15) is 0 Å². The fourth-order valence-corrected chi connectivity index (χ4v) is 5.23. The van der Waals surface area contributed by atoms with E-state index in [4.69, 9.17) is 4.74 Å². The second-order valence-electron chi connectivity index (χ2n) is 9.29. The highest BCUT2D eigenvalue weighted by Crippen LogP contribution is 2.41. The van der Waals surface area contributed by atoms with Crippen molar-refractivity contribution in [3.05, 3.63) is 60.4 Å². The molecule has 0 aliphatic carbocycles. The zero-order valence-electron chi connectivity index (χ0n) is 20.0. The van der Waals surface area contributed by atoms with Crippen molar-refractivity contribution in [1.82, 2.24) is 14.8 Å². The number of amides is 3. The summed E-state index contributed by atoms with van der Waals surface area (Å²) >= 11 is 0. The zero-order valence-corrected chi connectivity index (χ0v) is 20.0. The monoisotopic (exact) mass is 479 g/mol. The van der Waals surface area contributed by atoms with E-state index >= 15 is 0 Å². The number of imide groups is 1. The summed E-state index contributed by atoms with van der Waals surface area (Å²) in [5.41, 5.74) is -0.516. The van der Waals surface area contributed by atoms with E-state index in [1.165, 1.54) is 4.90 Å². The number of aliphatic hydroxyl groups is 1. The molecule has 0 bridgehead atoms. The van der Waals surface area contributed by atoms with Crippen molar-refractivity contribution in [2.75, 3.05) is 26.3 Å². The van der Waals surface area contributed by atoms with E-state index < -0.39 is 5.41 Å². The Hall–Kier alpha value is -3.26. The largest absolute Gasteiger partial charge is 0.492 e. The Bertz CT molecular complexity index is 1010. The van der Waals surface area contributed by atoms with Crippen LogP contribution >= 0.6 is 0 Å². The zero-order chi connectivity index (χ0) is 24.7. The van der Waals surface area contributed by atoms with Crippen LogP contribution in [-0.2, 0) is 19.8 Å². The average Bonchev–Trinajstić information content (AvgIpc) is 3.13. The smallest absolute Gasteiger partial charge is 0.240 e. The highest BCUT2D eigenvalue weighted by Gasteiger charge is 2.54. The van der Waals surface area contributed by atoms with Crippen molar-refractivity contribution >= 4 is 17.7 Å². The predicted octanol–water partition coefficient (Wildman–Crippen LogP) is 2.70. The topological polar surface area (TPSA) is 100 Å². The molecule has 2 atom stereocenters. The highest BCUT2D eigenvalue weighted by atomic mass is 16.5. The summed E-state index contributed by atoms with van der Waals surface area (Å²) in [6.45, 7) is 1.21. The average molecular weight is 480 g/mol. The minimum atomic E-state index is -1.21.